The van der Waals surface area contributed by atoms with Gasteiger partial charge in [-0.15, -0.1) is 0 Å². The summed E-state index contributed by atoms with van der Waals surface area (Å²) in [6.45, 7) is 0.892. The Labute approximate surface area is 80.7 Å². The quantitative estimate of drug-likeness (QED) is 0.376. The summed E-state index contributed by atoms with van der Waals surface area (Å²) >= 11 is 0. The van der Waals surface area contributed by atoms with Gasteiger partial charge in [0.1, 0.15) is 0 Å². The molecular weight excluding hydrogens is 216 g/mol. The van der Waals surface area contributed by atoms with Gasteiger partial charge in [0.15, 0.2) is 5.75 Å². The maximum Gasteiger partial charge on any atom is 0.326 e. The molecule has 0 aromatic heterocycles. The van der Waals surface area contributed by atoms with Crippen LogP contribution in [0.15, 0.2) is 0 Å². The zero-order valence-corrected chi connectivity index (χ0v) is 8.24. The van der Waals surface area contributed by atoms with Gasteiger partial charge in [0.05, 0.1) is 0 Å². The molecule has 82 valence electrons. The lowest BCUT2D eigenvalue weighted by molar-refractivity contribution is -0.165. The summed E-state index contributed by atoms with van der Waals surface area (Å²) in [5.41, 5.74) is 0. The molecule has 0 amide bonds. The van der Waals surface area contributed by atoms with Crippen LogP contribution in [0.25, 0.3) is 0 Å². The number of rotatable bonds is 5. The first kappa shape index (κ1) is 12.8. The lowest BCUT2D eigenvalue weighted by Gasteiger charge is -2.03. The molecule has 0 bridgehead atoms. The number of ether oxygens (including phenoxy) is 2. The molecule has 0 aliphatic carbocycles. The average Bonchev–Trinajstić information content (AvgIpc) is 2.00. The average molecular weight is 226 g/mol. The Morgan fingerprint density at radius 1 is 1.21 bits per heavy atom. The van der Waals surface area contributed by atoms with Crippen LogP contribution < -0.4 is 0 Å². The van der Waals surface area contributed by atoms with Gasteiger partial charge >= 0.3 is 11.9 Å². The van der Waals surface area contributed by atoms with Gasteiger partial charge in [-0.25, -0.2) is 0 Å². The van der Waals surface area contributed by atoms with Crippen molar-refractivity contribution in [3.8, 4) is 0 Å². The summed E-state index contributed by atoms with van der Waals surface area (Å²) in [5.74, 6) is -2.92. The number of esters is 2. The van der Waals surface area contributed by atoms with E-state index < -0.39 is 34.6 Å². The maximum atomic E-state index is 10.6. The van der Waals surface area contributed by atoms with Crippen LogP contribution >= 0.6 is 0 Å². The molecule has 0 saturated heterocycles. The fourth-order valence-corrected chi connectivity index (χ4v) is 0.835. The lowest BCUT2D eigenvalue weighted by Crippen LogP contribution is -2.20. The topological polar surface area (TPSA) is 107 Å². The number of carbonyl (C=O) groups excluding carboxylic acids is 2. The van der Waals surface area contributed by atoms with Gasteiger partial charge in [0.25, 0.3) is 10.1 Å². The van der Waals surface area contributed by atoms with Gasteiger partial charge in [-0.3, -0.25) is 14.1 Å². The zero-order valence-electron chi connectivity index (χ0n) is 7.43. The molecule has 0 fully saturated rings. The largest absolute Gasteiger partial charge is 0.428 e. The van der Waals surface area contributed by atoms with Gasteiger partial charge in [0, 0.05) is 6.42 Å². The second-order valence-electron chi connectivity index (χ2n) is 2.23. The summed E-state index contributed by atoms with van der Waals surface area (Å²) < 4.78 is 37.0. The summed E-state index contributed by atoms with van der Waals surface area (Å²) in [4.78, 5) is 21.1. The zero-order chi connectivity index (χ0) is 11.2. The summed E-state index contributed by atoms with van der Waals surface area (Å²) in [5, 5.41) is 0. The van der Waals surface area contributed by atoms with E-state index in [1.54, 1.807) is 6.92 Å². The number of hydrogen-bond acceptors (Lipinski definition) is 6. The molecule has 14 heavy (non-hydrogen) atoms. The van der Waals surface area contributed by atoms with E-state index in [0.29, 0.717) is 0 Å². The summed E-state index contributed by atoms with van der Waals surface area (Å²) in [6, 6.07) is 0. The molecule has 0 aliphatic rings. The molecule has 8 heteroatoms. The monoisotopic (exact) mass is 226 g/mol. The van der Waals surface area contributed by atoms with E-state index in [9.17, 15) is 18.0 Å². The fourth-order valence-electron chi connectivity index (χ4n) is 0.454. The van der Waals surface area contributed by atoms with Crippen LogP contribution in [-0.4, -0.2) is 37.5 Å². The molecule has 7 nitrogen and oxygen atoms in total. The summed E-state index contributed by atoms with van der Waals surface area (Å²) in [7, 11) is -4.39. The molecule has 0 aromatic carbocycles. The van der Waals surface area contributed by atoms with Gasteiger partial charge in [-0.05, 0) is 0 Å². The Balaban J connectivity index is 3.71. The molecule has 0 aromatic rings. The first-order valence-corrected chi connectivity index (χ1v) is 5.22. The minimum atomic E-state index is -4.39. The Morgan fingerprint density at radius 2 is 1.71 bits per heavy atom. The standard InChI is InChI=1S/C6H10O7S/c1-2-5(7)12-4-13-6(8)3-14(9,10)11/h2-4H2,1H3,(H,9,10,11). The third-order valence-electron chi connectivity index (χ3n) is 1.03. The lowest BCUT2D eigenvalue weighted by atomic mass is 10.5. The molecule has 0 saturated carbocycles. The van der Waals surface area contributed by atoms with Crippen molar-refractivity contribution in [3.63, 3.8) is 0 Å². The van der Waals surface area contributed by atoms with Crippen LogP contribution in [0.5, 0.6) is 0 Å². The van der Waals surface area contributed by atoms with Crippen LogP contribution in [0.3, 0.4) is 0 Å². The van der Waals surface area contributed by atoms with E-state index in [0.717, 1.165) is 0 Å². The van der Waals surface area contributed by atoms with Crippen molar-refractivity contribution >= 4 is 22.1 Å². The molecule has 1 N–H and O–H groups in total. The van der Waals surface area contributed by atoms with Crippen LogP contribution in [0.2, 0.25) is 0 Å². The van der Waals surface area contributed by atoms with Crippen molar-refractivity contribution in [1.82, 2.24) is 0 Å². The predicted octanol–water partition coefficient (Wildman–Crippen LogP) is -0.672. The van der Waals surface area contributed by atoms with Crippen LogP contribution in [0.1, 0.15) is 13.3 Å². The first-order valence-electron chi connectivity index (χ1n) is 3.61. The Hall–Kier alpha value is -1.15. The predicted molar refractivity (Wildman–Crippen MR) is 43.8 cm³/mol. The Bertz CT molecular complexity index is 304. The Morgan fingerprint density at radius 3 is 2.14 bits per heavy atom. The number of hydrogen-bond donors (Lipinski definition) is 1. The highest BCUT2D eigenvalue weighted by atomic mass is 32.2. The summed E-state index contributed by atoms with van der Waals surface area (Å²) in [6.07, 6.45) is 0.121. The third-order valence-corrected chi connectivity index (χ3v) is 1.63. The van der Waals surface area contributed by atoms with Gasteiger partial charge in [0.2, 0.25) is 6.79 Å². The van der Waals surface area contributed by atoms with E-state index in [4.69, 9.17) is 4.55 Å². The van der Waals surface area contributed by atoms with Crippen LogP contribution in [0, 0.1) is 0 Å². The van der Waals surface area contributed by atoms with Gasteiger partial charge in [-0.1, -0.05) is 6.92 Å². The highest BCUT2D eigenvalue weighted by Gasteiger charge is 2.14. The highest BCUT2D eigenvalue weighted by molar-refractivity contribution is 7.86. The smallest absolute Gasteiger partial charge is 0.326 e. The SMILES string of the molecule is CCC(=O)OCOC(=O)CS(=O)(=O)O. The molecule has 0 aliphatic heterocycles. The molecule has 0 heterocycles. The van der Waals surface area contributed by atoms with E-state index in [-0.39, 0.29) is 6.42 Å². The van der Waals surface area contributed by atoms with E-state index in [1.165, 1.54) is 0 Å². The van der Waals surface area contributed by atoms with Crippen molar-refractivity contribution in [1.29, 1.82) is 0 Å². The van der Waals surface area contributed by atoms with Crippen molar-refractivity contribution in [2.24, 2.45) is 0 Å². The van der Waals surface area contributed by atoms with Crippen molar-refractivity contribution in [2.45, 2.75) is 13.3 Å². The second kappa shape index (κ2) is 5.55. The Kier molecular flexibility index (Phi) is 5.10. The van der Waals surface area contributed by atoms with Crippen molar-refractivity contribution in [3.05, 3.63) is 0 Å². The molecular formula is C6H10O7S. The minimum absolute atomic E-state index is 0.121. The fraction of sp³-hybridized carbons (Fsp3) is 0.667. The number of carbonyl (C=O) groups is 2. The molecule has 0 atom stereocenters. The highest BCUT2D eigenvalue weighted by Crippen LogP contribution is 1.89. The second-order valence-corrected chi connectivity index (χ2v) is 3.68. The van der Waals surface area contributed by atoms with Crippen LogP contribution in [0.4, 0.5) is 0 Å². The van der Waals surface area contributed by atoms with Crippen molar-refractivity contribution < 1.29 is 32.0 Å². The van der Waals surface area contributed by atoms with Crippen molar-refractivity contribution in [2.75, 3.05) is 12.5 Å². The van der Waals surface area contributed by atoms with E-state index in [2.05, 4.69) is 9.47 Å². The molecule has 0 unspecified atom stereocenters. The van der Waals surface area contributed by atoms with E-state index >= 15 is 0 Å². The third kappa shape index (κ3) is 7.50. The minimum Gasteiger partial charge on any atom is -0.428 e. The molecule has 0 rings (SSSR count). The normalized spacial score (nSPS) is 10.7. The molecule has 0 radical (unpaired) electrons. The van der Waals surface area contributed by atoms with Crippen LogP contribution in [-0.2, 0) is 29.2 Å². The molecule has 0 spiro atoms. The maximum absolute atomic E-state index is 10.6. The van der Waals surface area contributed by atoms with Gasteiger partial charge < -0.3 is 9.47 Å². The van der Waals surface area contributed by atoms with Gasteiger partial charge in [-0.2, -0.15) is 8.42 Å². The van der Waals surface area contributed by atoms with E-state index in [1.807, 2.05) is 0 Å². The first-order chi connectivity index (χ1) is 6.35.